The van der Waals surface area contributed by atoms with Crippen LogP contribution < -0.4 is 14.8 Å². The Labute approximate surface area is 170 Å². The highest BCUT2D eigenvalue weighted by Gasteiger charge is 2.17. The third-order valence-corrected chi connectivity index (χ3v) is 5.52. The monoisotopic (exact) mass is 410 g/mol. The lowest BCUT2D eigenvalue weighted by Gasteiger charge is -2.15. The van der Waals surface area contributed by atoms with Crippen LogP contribution in [0.2, 0.25) is 0 Å². The number of carbonyl (C=O) groups excluding carboxylic acids is 1. The molecule has 0 aliphatic carbocycles. The summed E-state index contributed by atoms with van der Waals surface area (Å²) in [7, 11) is -3.72. The van der Waals surface area contributed by atoms with Gasteiger partial charge in [0.05, 0.1) is 4.90 Å². The molecule has 0 aliphatic heterocycles. The lowest BCUT2D eigenvalue weighted by atomic mass is 10.2. The van der Waals surface area contributed by atoms with Crippen LogP contribution in [0, 0.1) is 6.92 Å². The van der Waals surface area contributed by atoms with Crippen LogP contribution in [-0.2, 0) is 14.8 Å². The third kappa shape index (κ3) is 5.58. The van der Waals surface area contributed by atoms with Gasteiger partial charge in [0, 0.05) is 11.4 Å². The summed E-state index contributed by atoms with van der Waals surface area (Å²) < 4.78 is 33.2. The van der Waals surface area contributed by atoms with Gasteiger partial charge in [0.15, 0.2) is 6.10 Å². The van der Waals surface area contributed by atoms with E-state index in [1.165, 1.54) is 24.3 Å². The number of aryl methyl sites for hydroxylation is 1. The van der Waals surface area contributed by atoms with Crippen LogP contribution in [0.4, 0.5) is 11.4 Å². The molecular weight excluding hydrogens is 388 g/mol. The predicted octanol–water partition coefficient (Wildman–Crippen LogP) is 4.20. The van der Waals surface area contributed by atoms with Gasteiger partial charge in [-0.05, 0) is 67.9 Å². The summed E-state index contributed by atoms with van der Waals surface area (Å²) in [6.07, 6.45) is -0.705. The van der Waals surface area contributed by atoms with E-state index >= 15 is 0 Å². The van der Waals surface area contributed by atoms with Crippen molar-refractivity contribution in [3.63, 3.8) is 0 Å². The predicted molar refractivity (Wildman–Crippen MR) is 114 cm³/mol. The summed E-state index contributed by atoms with van der Waals surface area (Å²) in [4.78, 5) is 12.4. The molecule has 0 saturated carbocycles. The fourth-order valence-electron chi connectivity index (χ4n) is 2.64. The molecule has 0 aromatic heterocycles. The maximum atomic E-state index is 12.5. The first-order valence-corrected chi connectivity index (χ1v) is 10.5. The smallest absolute Gasteiger partial charge is 0.265 e. The fraction of sp³-hybridized carbons (Fsp3) is 0.136. The SMILES string of the molecule is Cc1cccc(NS(=O)(=O)c2ccc(NC(=O)C(C)Oc3ccccc3)cc2)c1. The van der Waals surface area contributed by atoms with E-state index in [0.29, 0.717) is 17.1 Å². The van der Waals surface area contributed by atoms with Gasteiger partial charge in [-0.15, -0.1) is 0 Å². The molecule has 0 spiro atoms. The molecule has 3 aromatic carbocycles. The van der Waals surface area contributed by atoms with Crippen LogP contribution >= 0.6 is 0 Å². The summed E-state index contributed by atoms with van der Waals surface area (Å²) in [6.45, 7) is 3.53. The average Bonchev–Trinajstić information content (AvgIpc) is 2.69. The molecule has 0 radical (unpaired) electrons. The highest BCUT2D eigenvalue weighted by molar-refractivity contribution is 7.92. The van der Waals surface area contributed by atoms with Crippen LogP contribution in [-0.4, -0.2) is 20.4 Å². The second-order valence-corrected chi connectivity index (χ2v) is 8.24. The van der Waals surface area contributed by atoms with Crippen molar-refractivity contribution in [1.82, 2.24) is 0 Å². The number of rotatable bonds is 7. The Hall–Kier alpha value is -3.32. The second kappa shape index (κ2) is 8.79. The van der Waals surface area contributed by atoms with Gasteiger partial charge in [0.2, 0.25) is 0 Å². The normalized spacial score (nSPS) is 12.1. The van der Waals surface area contributed by atoms with Gasteiger partial charge in [-0.25, -0.2) is 8.42 Å². The van der Waals surface area contributed by atoms with Crippen LogP contribution in [0.3, 0.4) is 0 Å². The van der Waals surface area contributed by atoms with E-state index in [1.807, 2.05) is 31.2 Å². The van der Waals surface area contributed by atoms with Gasteiger partial charge in [-0.2, -0.15) is 0 Å². The van der Waals surface area contributed by atoms with Gasteiger partial charge >= 0.3 is 0 Å². The highest BCUT2D eigenvalue weighted by Crippen LogP contribution is 2.19. The zero-order valence-electron chi connectivity index (χ0n) is 16.1. The van der Waals surface area contributed by atoms with Crippen LogP contribution in [0.15, 0.2) is 83.8 Å². The number of amides is 1. The van der Waals surface area contributed by atoms with E-state index in [-0.39, 0.29) is 10.8 Å². The van der Waals surface area contributed by atoms with E-state index in [1.54, 1.807) is 37.3 Å². The molecule has 2 N–H and O–H groups in total. The highest BCUT2D eigenvalue weighted by atomic mass is 32.2. The van der Waals surface area contributed by atoms with Gasteiger partial charge in [-0.3, -0.25) is 9.52 Å². The first-order valence-electron chi connectivity index (χ1n) is 9.05. The number of carbonyl (C=O) groups is 1. The Morgan fingerprint density at radius 3 is 2.24 bits per heavy atom. The molecule has 0 bridgehead atoms. The second-order valence-electron chi connectivity index (χ2n) is 6.56. The van der Waals surface area contributed by atoms with Gasteiger partial charge in [0.1, 0.15) is 5.75 Å². The maximum absolute atomic E-state index is 12.5. The maximum Gasteiger partial charge on any atom is 0.265 e. The summed E-state index contributed by atoms with van der Waals surface area (Å²) in [5.41, 5.74) is 1.93. The fourth-order valence-corrected chi connectivity index (χ4v) is 3.69. The Bertz CT molecular complexity index is 1080. The molecule has 7 heteroatoms. The Morgan fingerprint density at radius 1 is 0.897 bits per heavy atom. The van der Waals surface area contributed by atoms with Gasteiger partial charge in [0.25, 0.3) is 15.9 Å². The minimum Gasteiger partial charge on any atom is -0.481 e. The molecule has 0 saturated heterocycles. The van der Waals surface area contributed by atoms with Crippen LogP contribution in [0.1, 0.15) is 12.5 Å². The van der Waals surface area contributed by atoms with E-state index in [9.17, 15) is 13.2 Å². The first kappa shape index (κ1) is 20.4. The summed E-state index contributed by atoms with van der Waals surface area (Å²) in [5.74, 6) is 0.265. The van der Waals surface area contributed by atoms with Crippen molar-refractivity contribution in [2.45, 2.75) is 24.8 Å². The number of nitrogens with one attached hydrogen (secondary N) is 2. The molecule has 0 heterocycles. The topological polar surface area (TPSA) is 84.5 Å². The molecule has 3 rings (SSSR count). The van der Waals surface area contributed by atoms with E-state index in [4.69, 9.17) is 4.74 Å². The Morgan fingerprint density at radius 2 is 1.59 bits per heavy atom. The quantitative estimate of drug-likeness (QED) is 0.611. The first-order chi connectivity index (χ1) is 13.8. The van der Waals surface area contributed by atoms with E-state index < -0.39 is 16.1 Å². The van der Waals surface area contributed by atoms with E-state index in [2.05, 4.69) is 10.0 Å². The Kier molecular flexibility index (Phi) is 6.19. The lowest BCUT2D eigenvalue weighted by Crippen LogP contribution is -2.30. The number of para-hydroxylation sites is 1. The van der Waals surface area contributed by atoms with E-state index in [0.717, 1.165) is 5.56 Å². The Balaban J connectivity index is 1.64. The van der Waals surface area contributed by atoms with Crippen molar-refractivity contribution in [2.75, 3.05) is 10.0 Å². The molecule has 1 amide bonds. The molecule has 0 aliphatic rings. The van der Waals surface area contributed by atoms with Crippen molar-refractivity contribution < 1.29 is 17.9 Å². The zero-order valence-corrected chi connectivity index (χ0v) is 16.9. The number of hydrogen-bond donors (Lipinski definition) is 2. The minimum absolute atomic E-state index is 0.102. The number of sulfonamides is 1. The van der Waals surface area contributed by atoms with Crippen LogP contribution in [0.5, 0.6) is 5.75 Å². The van der Waals surface area contributed by atoms with Crippen molar-refractivity contribution in [3.05, 3.63) is 84.4 Å². The molecule has 29 heavy (non-hydrogen) atoms. The minimum atomic E-state index is -3.72. The molecular formula is C22H22N2O4S. The molecule has 150 valence electrons. The average molecular weight is 410 g/mol. The number of hydrogen-bond acceptors (Lipinski definition) is 4. The van der Waals surface area contributed by atoms with Gasteiger partial charge < -0.3 is 10.1 Å². The van der Waals surface area contributed by atoms with Crippen molar-refractivity contribution in [2.24, 2.45) is 0 Å². The molecule has 0 fully saturated rings. The van der Waals surface area contributed by atoms with Crippen LogP contribution in [0.25, 0.3) is 0 Å². The van der Waals surface area contributed by atoms with Crippen molar-refractivity contribution in [1.29, 1.82) is 0 Å². The largest absolute Gasteiger partial charge is 0.481 e. The van der Waals surface area contributed by atoms with Gasteiger partial charge in [-0.1, -0.05) is 30.3 Å². The molecule has 6 nitrogen and oxygen atoms in total. The molecule has 1 atom stereocenters. The number of anilines is 2. The summed E-state index contributed by atoms with van der Waals surface area (Å²) in [5, 5.41) is 2.72. The number of ether oxygens (including phenoxy) is 1. The standard InChI is InChI=1S/C22H22N2O4S/c1-16-7-6-8-19(15-16)24-29(26,27)21-13-11-18(12-14-21)23-22(25)17(2)28-20-9-4-3-5-10-20/h3-15,17,24H,1-2H3,(H,23,25). The zero-order chi connectivity index (χ0) is 20.9. The lowest BCUT2D eigenvalue weighted by molar-refractivity contribution is -0.122. The molecule has 3 aromatic rings. The van der Waals surface area contributed by atoms with Crippen molar-refractivity contribution in [3.8, 4) is 5.75 Å². The van der Waals surface area contributed by atoms with Crippen molar-refractivity contribution >= 4 is 27.3 Å². The molecule has 1 unspecified atom stereocenters. The third-order valence-electron chi connectivity index (χ3n) is 4.13. The summed E-state index contributed by atoms with van der Waals surface area (Å²) >= 11 is 0. The summed E-state index contributed by atoms with van der Waals surface area (Å²) in [6, 6.07) is 22.1. The number of benzene rings is 3.